The van der Waals surface area contributed by atoms with Crippen LogP contribution in [0.5, 0.6) is 0 Å². The second-order valence-electron chi connectivity index (χ2n) is 7.03. The van der Waals surface area contributed by atoms with Gasteiger partial charge in [0.1, 0.15) is 43.9 Å². The second-order valence-corrected chi connectivity index (χ2v) is 8.52. The predicted molar refractivity (Wildman–Crippen MR) is 95.7 cm³/mol. The number of halogens is 3. The van der Waals surface area contributed by atoms with Crippen molar-refractivity contribution >= 4 is 23.4 Å². The molecule has 2 aromatic rings. The Kier molecular flexibility index (Phi) is 4.75. The van der Waals surface area contributed by atoms with Crippen molar-refractivity contribution in [2.24, 2.45) is 0 Å². The summed E-state index contributed by atoms with van der Waals surface area (Å²) in [6.45, 7) is 4.40. The Bertz CT molecular complexity index is 806. The zero-order chi connectivity index (χ0) is 17.6. The molecular formula is C19H21ClF2N2S+2. The van der Waals surface area contributed by atoms with Gasteiger partial charge in [-0.15, -0.1) is 0 Å². The number of hydrogen-bond acceptors (Lipinski definition) is 1. The van der Waals surface area contributed by atoms with Gasteiger partial charge in [0.25, 0.3) is 0 Å². The maximum Gasteiger partial charge on any atom is 0.142 e. The summed E-state index contributed by atoms with van der Waals surface area (Å²) in [6, 6.07) is 8.46. The Balaban J connectivity index is 1.80. The molecule has 132 valence electrons. The number of fused-ring (bicyclic) bond motifs is 2. The molecule has 0 spiro atoms. The van der Waals surface area contributed by atoms with Crippen LogP contribution in [0, 0.1) is 11.6 Å². The van der Waals surface area contributed by atoms with Crippen molar-refractivity contribution in [3.05, 3.63) is 58.1 Å². The molecule has 1 fully saturated rings. The van der Waals surface area contributed by atoms with Crippen LogP contribution in [0.2, 0.25) is 5.02 Å². The quantitative estimate of drug-likeness (QED) is 0.764. The average molecular weight is 383 g/mol. The van der Waals surface area contributed by atoms with Crippen molar-refractivity contribution in [3.8, 4) is 0 Å². The lowest BCUT2D eigenvalue weighted by Crippen LogP contribution is -3.27. The largest absolute Gasteiger partial charge is 0.328 e. The average Bonchev–Trinajstić information content (AvgIpc) is 2.73. The van der Waals surface area contributed by atoms with Crippen LogP contribution in [0.4, 0.5) is 8.78 Å². The normalized spacial score (nSPS) is 25.8. The number of rotatable bonds is 1. The first kappa shape index (κ1) is 17.3. The number of benzene rings is 2. The Morgan fingerprint density at radius 1 is 1.04 bits per heavy atom. The minimum atomic E-state index is -0.413. The third-order valence-corrected chi connectivity index (χ3v) is 6.80. The summed E-state index contributed by atoms with van der Waals surface area (Å²) in [7, 11) is 2.22. The predicted octanol–water partition coefficient (Wildman–Crippen LogP) is 1.78. The van der Waals surface area contributed by atoms with E-state index in [1.54, 1.807) is 17.0 Å². The highest BCUT2D eigenvalue weighted by Gasteiger charge is 2.34. The van der Waals surface area contributed by atoms with Crippen LogP contribution >= 0.6 is 23.4 Å². The van der Waals surface area contributed by atoms with Crippen LogP contribution in [0.25, 0.3) is 0 Å². The minimum absolute atomic E-state index is 0.167. The molecule has 1 saturated heterocycles. The van der Waals surface area contributed by atoms with Gasteiger partial charge < -0.3 is 9.80 Å². The number of hydrogen-bond donors (Lipinski definition) is 2. The fourth-order valence-electron chi connectivity index (χ4n) is 3.86. The molecule has 2 aromatic carbocycles. The van der Waals surface area contributed by atoms with Crippen molar-refractivity contribution in [2.45, 2.75) is 22.3 Å². The molecule has 1 atom stereocenters. The van der Waals surface area contributed by atoms with E-state index < -0.39 is 5.82 Å². The monoisotopic (exact) mass is 382 g/mol. The molecule has 6 heteroatoms. The molecule has 25 heavy (non-hydrogen) atoms. The van der Waals surface area contributed by atoms with E-state index >= 15 is 0 Å². The second kappa shape index (κ2) is 6.88. The van der Waals surface area contributed by atoms with Crippen LogP contribution in [0.15, 0.2) is 40.1 Å². The van der Waals surface area contributed by atoms with Gasteiger partial charge in [0.2, 0.25) is 0 Å². The molecule has 2 aliphatic rings. The van der Waals surface area contributed by atoms with Gasteiger partial charge in [-0.25, -0.2) is 8.78 Å². The zero-order valence-corrected chi connectivity index (χ0v) is 15.6. The van der Waals surface area contributed by atoms with Gasteiger partial charge in [-0.05, 0) is 29.8 Å². The molecule has 0 saturated carbocycles. The van der Waals surface area contributed by atoms with Crippen LogP contribution in [-0.2, 0) is 6.42 Å². The number of quaternary nitrogens is 2. The van der Waals surface area contributed by atoms with Crippen LogP contribution in [-0.4, -0.2) is 33.2 Å². The smallest absolute Gasteiger partial charge is 0.142 e. The third kappa shape index (κ3) is 3.43. The molecule has 0 aromatic heterocycles. The zero-order valence-electron chi connectivity index (χ0n) is 14.0. The first-order valence-corrected chi connectivity index (χ1v) is 9.82. The van der Waals surface area contributed by atoms with Crippen molar-refractivity contribution in [1.29, 1.82) is 0 Å². The molecule has 0 bridgehead atoms. The lowest BCUT2D eigenvalue weighted by atomic mass is 9.96. The number of piperazine rings is 1. The fourth-order valence-corrected chi connectivity index (χ4v) is 5.20. The molecule has 2 heterocycles. The molecule has 2 nitrogen and oxygen atoms in total. The van der Waals surface area contributed by atoms with Gasteiger partial charge in [0.05, 0.1) is 12.1 Å². The standard InChI is InChI=1S/C19H19ClF2N2S/c1-23-4-6-24(7-5-23)17-8-12-2-3-13(21)9-18(12)25-19-11-16(22)15(20)10-14(17)19/h2-3,9-11,17H,4-8H2,1H3/p+2/t17-/m1/s1. The van der Waals surface area contributed by atoms with Gasteiger partial charge in [0, 0.05) is 21.8 Å². The first-order valence-electron chi connectivity index (χ1n) is 8.62. The van der Waals surface area contributed by atoms with E-state index in [-0.39, 0.29) is 16.9 Å². The lowest BCUT2D eigenvalue weighted by Gasteiger charge is -2.33. The molecule has 0 amide bonds. The number of likely N-dealkylation sites (N-methyl/N-ethyl adjacent to an activating group) is 1. The third-order valence-electron chi connectivity index (χ3n) is 5.34. The van der Waals surface area contributed by atoms with Gasteiger partial charge in [0.15, 0.2) is 0 Å². The summed E-state index contributed by atoms with van der Waals surface area (Å²) in [5.74, 6) is -0.666. The van der Waals surface area contributed by atoms with Gasteiger partial charge in [-0.3, -0.25) is 0 Å². The van der Waals surface area contributed by atoms with E-state index in [1.165, 1.54) is 28.8 Å². The van der Waals surface area contributed by atoms with Crippen molar-refractivity contribution < 1.29 is 18.6 Å². The van der Waals surface area contributed by atoms with E-state index in [4.69, 9.17) is 11.6 Å². The van der Waals surface area contributed by atoms with Gasteiger partial charge in [-0.1, -0.05) is 29.4 Å². The molecule has 0 aliphatic carbocycles. The lowest BCUT2D eigenvalue weighted by molar-refractivity contribution is -1.02. The first-order chi connectivity index (χ1) is 12.0. The van der Waals surface area contributed by atoms with E-state index in [2.05, 4.69) is 7.05 Å². The molecule has 0 unspecified atom stereocenters. The highest BCUT2D eigenvalue weighted by Crippen LogP contribution is 2.41. The summed E-state index contributed by atoms with van der Waals surface area (Å²) in [4.78, 5) is 4.79. The van der Waals surface area contributed by atoms with E-state index in [9.17, 15) is 8.78 Å². The minimum Gasteiger partial charge on any atom is -0.328 e. The Labute approximate surface area is 155 Å². The van der Waals surface area contributed by atoms with Crippen LogP contribution < -0.4 is 9.80 Å². The summed E-state index contributed by atoms with van der Waals surface area (Å²) in [6.07, 6.45) is 0.825. The summed E-state index contributed by atoms with van der Waals surface area (Å²) < 4.78 is 27.8. The maximum atomic E-state index is 14.1. The SMILES string of the molecule is C[NH+]1CC[NH+]([C@@H]2Cc3ccc(F)cc3Sc3cc(F)c(Cl)cc32)CC1. The summed E-state index contributed by atoms with van der Waals surface area (Å²) in [5.41, 5.74) is 2.21. The molecule has 2 aliphatic heterocycles. The molecule has 4 rings (SSSR count). The van der Waals surface area contributed by atoms with E-state index in [0.29, 0.717) is 0 Å². The van der Waals surface area contributed by atoms with Gasteiger partial charge >= 0.3 is 0 Å². The van der Waals surface area contributed by atoms with Crippen molar-refractivity contribution in [2.75, 3.05) is 33.2 Å². The summed E-state index contributed by atoms with van der Waals surface area (Å²) in [5, 5.41) is 0.167. The number of nitrogens with one attached hydrogen (secondary N) is 2. The highest BCUT2D eigenvalue weighted by atomic mass is 35.5. The Morgan fingerprint density at radius 2 is 1.80 bits per heavy atom. The van der Waals surface area contributed by atoms with Crippen LogP contribution in [0.1, 0.15) is 17.2 Å². The van der Waals surface area contributed by atoms with E-state index in [1.807, 2.05) is 6.07 Å². The summed E-state index contributed by atoms with van der Waals surface area (Å²) >= 11 is 7.56. The highest BCUT2D eigenvalue weighted by molar-refractivity contribution is 7.99. The van der Waals surface area contributed by atoms with E-state index in [0.717, 1.165) is 53.5 Å². The Hall–Kier alpha value is -1.14. The van der Waals surface area contributed by atoms with Crippen LogP contribution in [0.3, 0.4) is 0 Å². The molecule has 2 N–H and O–H groups in total. The van der Waals surface area contributed by atoms with Crippen molar-refractivity contribution in [3.63, 3.8) is 0 Å². The topological polar surface area (TPSA) is 8.88 Å². The maximum absolute atomic E-state index is 14.1. The Morgan fingerprint density at radius 3 is 2.56 bits per heavy atom. The molecule has 0 radical (unpaired) electrons. The fraction of sp³-hybridized carbons (Fsp3) is 0.368. The molecular weight excluding hydrogens is 362 g/mol. The van der Waals surface area contributed by atoms with Gasteiger partial charge in [-0.2, -0.15) is 0 Å². The van der Waals surface area contributed by atoms with Crippen molar-refractivity contribution in [1.82, 2.24) is 0 Å².